The van der Waals surface area contributed by atoms with E-state index in [4.69, 9.17) is 16.3 Å². The summed E-state index contributed by atoms with van der Waals surface area (Å²) in [6.45, 7) is 4.74. The van der Waals surface area contributed by atoms with Crippen molar-refractivity contribution in [3.8, 4) is 0 Å². The number of aliphatic imine (C=N–C) groups is 1. The molecule has 0 unspecified atom stereocenters. The van der Waals surface area contributed by atoms with Crippen molar-refractivity contribution in [2.24, 2.45) is 4.99 Å². The summed E-state index contributed by atoms with van der Waals surface area (Å²) in [5, 5.41) is 7.32. The van der Waals surface area contributed by atoms with Gasteiger partial charge in [0.2, 0.25) is 0 Å². The number of hydrogen-bond acceptors (Lipinski definition) is 2. The Kier molecular flexibility index (Phi) is 10.5. The first-order chi connectivity index (χ1) is 11.7. The van der Waals surface area contributed by atoms with Crippen LogP contribution < -0.4 is 10.6 Å². The molecule has 2 aromatic rings. The van der Waals surface area contributed by atoms with Gasteiger partial charge in [0.15, 0.2) is 5.96 Å². The van der Waals surface area contributed by atoms with Crippen LogP contribution >= 0.6 is 35.6 Å². The summed E-state index contributed by atoms with van der Waals surface area (Å²) < 4.78 is 5.12. The number of benzene rings is 2. The third-order valence-corrected chi connectivity index (χ3v) is 3.87. The van der Waals surface area contributed by atoms with E-state index < -0.39 is 0 Å². The van der Waals surface area contributed by atoms with Gasteiger partial charge in [0, 0.05) is 25.2 Å². The Balaban J connectivity index is 0.00000312. The highest BCUT2D eigenvalue weighted by molar-refractivity contribution is 14.0. The molecular formula is C19H25ClIN3O. The number of halogens is 2. The van der Waals surface area contributed by atoms with Crippen molar-refractivity contribution in [1.29, 1.82) is 0 Å². The molecular weight excluding hydrogens is 449 g/mol. The van der Waals surface area contributed by atoms with Gasteiger partial charge in [-0.25, -0.2) is 4.99 Å². The second-order valence-corrected chi connectivity index (χ2v) is 5.80. The number of ether oxygens (including phenoxy) is 1. The van der Waals surface area contributed by atoms with Crippen LogP contribution in [0.2, 0.25) is 5.02 Å². The van der Waals surface area contributed by atoms with Gasteiger partial charge in [0.05, 0.1) is 13.2 Å². The van der Waals surface area contributed by atoms with Crippen LogP contribution in [0.3, 0.4) is 0 Å². The van der Waals surface area contributed by atoms with Crippen molar-refractivity contribution >= 4 is 41.5 Å². The summed E-state index contributed by atoms with van der Waals surface area (Å²) in [6, 6.07) is 16.1. The van der Waals surface area contributed by atoms with E-state index in [0.29, 0.717) is 19.7 Å². The molecule has 0 amide bonds. The lowest BCUT2D eigenvalue weighted by Crippen LogP contribution is -2.36. The van der Waals surface area contributed by atoms with Crippen LogP contribution in [-0.4, -0.2) is 19.6 Å². The Labute approximate surface area is 172 Å². The topological polar surface area (TPSA) is 45.7 Å². The standard InChI is InChI=1S/C19H24ClN3O.HI/c1-3-21-19(23-13-17-6-4-5-7-18(17)20)22-12-15-8-10-16(11-9-15)14-24-2;/h4-11H,3,12-14H2,1-2H3,(H2,21,22,23);1H. The molecule has 0 heterocycles. The summed E-state index contributed by atoms with van der Waals surface area (Å²) in [4.78, 5) is 4.62. The Hall–Kier alpha value is -1.31. The maximum atomic E-state index is 6.19. The predicted molar refractivity (Wildman–Crippen MR) is 116 cm³/mol. The van der Waals surface area contributed by atoms with Crippen LogP contribution in [0.4, 0.5) is 0 Å². The molecule has 0 aliphatic rings. The fourth-order valence-corrected chi connectivity index (χ4v) is 2.44. The molecule has 0 aliphatic heterocycles. The predicted octanol–water partition coefficient (Wildman–Crippen LogP) is 4.36. The van der Waals surface area contributed by atoms with Gasteiger partial charge in [0.25, 0.3) is 0 Å². The maximum Gasteiger partial charge on any atom is 0.191 e. The third-order valence-electron chi connectivity index (χ3n) is 3.50. The van der Waals surface area contributed by atoms with Crippen molar-refractivity contribution < 1.29 is 4.74 Å². The largest absolute Gasteiger partial charge is 0.380 e. The average molecular weight is 474 g/mol. The average Bonchev–Trinajstić information content (AvgIpc) is 2.60. The van der Waals surface area contributed by atoms with Crippen molar-refractivity contribution in [2.45, 2.75) is 26.6 Å². The van der Waals surface area contributed by atoms with Crippen molar-refractivity contribution in [3.63, 3.8) is 0 Å². The maximum absolute atomic E-state index is 6.19. The minimum Gasteiger partial charge on any atom is -0.380 e. The number of guanidine groups is 1. The summed E-state index contributed by atoms with van der Waals surface area (Å²) >= 11 is 6.19. The highest BCUT2D eigenvalue weighted by Crippen LogP contribution is 2.14. The molecule has 0 aromatic heterocycles. The molecule has 0 aliphatic carbocycles. The van der Waals surface area contributed by atoms with Gasteiger partial charge in [-0.15, -0.1) is 24.0 Å². The zero-order valence-corrected chi connectivity index (χ0v) is 17.7. The SMILES string of the molecule is CCNC(=NCc1ccc(COC)cc1)NCc1ccccc1Cl.I. The monoisotopic (exact) mass is 473 g/mol. The van der Waals surface area contributed by atoms with Gasteiger partial charge in [-0.05, 0) is 29.7 Å². The van der Waals surface area contributed by atoms with Crippen molar-refractivity contribution in [2.75, 3.05) is 13.7 Å². The summed E-state index contributed by atoms with van der Waals surface area (Å²) in [7, 11) is 1.70. The normalized spacial score (nSPS) is 10.9. The Bertz CT molecular complexity index is 662. The van der Waals surface area contributed by atoms with Crippen LogP contribution in [0.15, 0.2) is 53.5 Å². The lowest BCUT2D eigenvalue weighted by molar-refractivity contribution is 0.185. The van der Waals surface area contributed by atoms with E-state index in [0.717, 1.165) is 34.2 Å². The van der Waals surface area contributed by atoms with E-state index in [1.54, 1.807) is 7.11 Å². The van der Waals surface area contributed by atoms with E-state index in [9.17, 15) is 0 Å². The minimum absolute atomic E-state index is 0. The minimum atomic E-state index is 0. The second-order valence-electron chi connectivity index (χ2n) is 5.39. The first-order valence-corrected chi connectivity index (χ1v) is 8.43. The van der Waals surface area contributed by atoms with Crippen LogP contribution in [-0.2, 0) is 24.4 Å². The van der Waals surface area contributed by atoms with E-state index in [1.807, 2.05) is 31.2 Å². The van der Waals surface area contributed by atoms with Gasteiger partial charge < -0.3 is 15.4 Å². The fourth-order valence-electron chi connectivity index (χ4n) is 2.24. The fraction of sp³-hybridized carbons (Fsp3) is 0.316. The molecule has 0 atom stereocenters. The van der Waals surface area contributed by atoms with Gasteiger partial charge in [-0.3, -0.25) is 0 Å². The number of nitrogens with zero attached hydrogens (tertiary/aromatic N) is 1. The summed E-state index contributed by atoms with van der Waals surface area (Å²) in [5.41, 5.74) is 3.37. The molecule has 2 rings (SSSR count). The molecule has 6 heteroatoms. The lowest BCUT2D eigenvalue weighted by Gasteiger charge is -2.12. The van der Waals surface area contributed by atoms with E-state index in [-0.39, 0.29) is 24.0 Å². The molecule has 0 radical (unpaired) electrons. The van der Waals surface area contributed by atoms with Gasteiger partial charge >= 0.3 is 0 Å². The number of hydrogen-bond donors (Lipinski definition) is 2. The van der Waals surface area contributed by atoms with Crippen LogP contribution in [0, 0.1) is 0 Å². The second kappa shape index (κ2) is 12.1. The number of nitrogens with one attached hydrogen (secondary N) is 2. The molecule has 0 fully saturated rings. The molecule has 2 N–H and O–H groups in total. The van der Waals surface area contributed by atoms with Gasteiger partial charge in [-0.1, -0.05) is 54.1 Å². The zero-order valence-electron chi connectivity index (χ0n) is 14.6. The number of methoxy groups -OCH3 is 1. The van der Waals surface area contributed by atoms with E-state index in [1.165, 1.54) is 0 Å². The summed E-state index contributed by atoms with van der Waals surface area (Å²) in [6.07, 6.45) is 0. The van der Waals surface area contributed by atoms with Crippen LogP contribution in [0.5, 0.6) is 0 Å². The molecule has 0 saturated carbocycles. The lowest BCUT2D eigenvalue weighted by atomic mass is 10.1. The highest BCUT2D eigenvalue weighted by Gasteiger charge is 2.02. The van der Waals surface area contributed by atoms with Gasteiger partial charge in [-0.2, -0.15) is 0 Å². The van der Waals surface area contributed by atoms with Gasteiger partial charge in [0.1, 0.15) is 0 Å². The quantitative estimate of drug-likeness (QED) is 0.357. The van der Waals surface area contributed by atoms with Crippen LogP contribution in [0.25, 0.3) is 0 Å². The van der Waals surface area contributed by atoms with E-state index in [2.05, 4.69) is 39.9 Å². The van der Waals surface area contributed by atoms with Crippen molar-refractivity contribution in [3.05, 3.63) is 70.2 Å². The Morgan fingerprint density at radius 1 is 1.04 bits per heavy atom. The first-order valence-electron chi connectivity index (χ1n) is 8.05. The van der Waals surface area contributed by atoms with E-state index >= 15 is 0 Å². The molecule has 25 heavy (non-hydrogen) atoms. The smallest absolute Gasteiger partial charge is 0.191 e. The molecule has 136 valence electrons. The summed E-state index contributed by atoms with van der Waals surface area (Å²) in [5.74, 6) is 0.776. The van der Waals surface area contributed by atoms with Crippen molar-refractivity contribution in [1.82, 2.24) is 10.6 Å². The molecule has 0 saturated heterocycles. The molecule has 0 spiro atoms. The molecule has 4 nitrogen and oxygen atoms in total. The Morgan fingerprint density at radius 3 is 2.36 bits per heavy atom. The highest BCUT2D eigenvalue weighted by atomic mass is 127. The van der Waals surface area contributed by atoms with Crippen LogP contribution in [0.1, 0.15) is 23.6 Å². The third kappa shape index (κ3) is 7.63. The first kappa shape index (κ1) is 21.7. The Morgan fingerprint density at radius 2 is 1.72 bits per heavy atom. The number of rotatable bonds is 7. The molecule has 0 bridgehead atoms. The zero-order chi connectivity index (χ0) is 17.2. The molecule has 2 aromatic carbocycles.